The summed E-state index contributed by atoms with van der Waals surface area (Å²) in [7, 11) is 1.55. The number of carbonyl (C=O) groups is 1. The van der Waals surface area contributed by atoms with Crippen LogP contribution in [0.25, 0.3) is 0 Å². The van der Waals surface area contributed by atoms with Gasteiger partial charge in [0.1, 0.15) is 5.69 Å². The van der Waals surface area contributed by atoms with Crippen molar-refractivity contribution in [3.05, 3.63) is 11.4 Å². The van der Waals surface area contributed by atoms with Crippen LogP contribution in [0.3, 0.4) is 0 Å². The van der Waals surface area contributed by atoms with Gasteiger partial charge in [-0.3, -0.25) is 0 Å². The van der Waals surface area contributed by atoms with E-state index in [1.54, 1.807) is 18.7 Å². The van der Waals surface area contributed by atoms with E-state index in [0.717, 1.165) is 6.42 Å². The average molecular weight is 225 g/mol. The fourth-order valence-corrected chi connectivity index (χ4v) is 1.83. The van der Waals surface area contributed by atoms with Crippen LogP contribution in [-0.4, -0.2) is 33.2 Å². The van der Waals surface area contributed by atoms with Crippen LogP contribution in [0.2, 0.25) is 0 Å². The van der Waals surface area contributed by atoms with Crippen LogP contribution < -0.4 is 0 Å². The van der Waals surface area contributed by atoms with Gasteiger partial charge < -0.3 is 9.84 Å². The molecule has 1 fully saturated rings. The van der Waals surface area contributed by atoms with Crippen LogP contribution in [0.4, 0.5) is 0 Å². The van der Waals surface area contributed by atoms with Crippen molar-refractivity contribution in [3.63, 3.8) is 0 Å². The van der Waals surface area contributed by atoms with Gasteiger partial charge in [0.15, 0.2) is 5.69 Å². The van der Waals surface area contributed by atoms with Crippen LogP contribution in [0.1, 0.15) is 48.6 Å². The van der Waals surface area contributed by atoms with Crippen molar-refractivity contribution in [1.29, 1.82) is 0 Å². The number of methoxy groups -OCH3 is 1. The fraction of sp³-hybridized carbons (Fsp3) is 0.700. The minimum atomic E-state index is -1.06. The molecular formula is C10H15N3O3. The van der Waals surface area contributed by atoms with Gasteiger partial charge in [0.2, 0.25) is 0 Å². The van der Waals surface area contributed by atoms with Crippen LogP contribution >= 0.6 is 0 Å². The molecule has 0 aliphatic heterocycles. The number of ether oxygens (including phenoxy) is 1. The van der Waals surface area contributed by atoms with Gasteiger partial charge in [-0.15, -0.1) is 5.10 Å². The third kappa shape index (κ3) is 1.69. The molecular weight excluding hydrogens is 210 g/mol. The Morgan fingerprint density at radius 2 is 2.31 bits per heavy atom. The van der Waals surface area contributed by atoms with Gasteiger partial charge in [0, 0.05) is 7.11 Å². The summed E-state index contributed by atoms with van der Waals surface area (Å²) in [5, 5.41) is 16.7. The largest absolute Gasteiger partial charge is 0.476 e. The zero-order chi connectivity index (χ0) is 11.9. The molecule has 1 N–H and O–H groups in total. The van der Waals surface area contributed by atoms with Crippen molar-refractivity contribution in [1.82, 2.24) is 15.0 Å². The number of nitrogens with zero attached hydrogens (tertiary/aromatic N) is 3. The quantitative estimate of drug-likeness (QED) is 0.834. The molecule has 1 heterocycles. The zero-order valence-electron chi connectivity index (χ0n) is 9.54. The van der Waals surface area contributed by atoms with Crippen molar-refractivity contribution in [2.45, 2.75) is 32.4 Å². The SMILES string of the molecule is COC(C)c1c(C(=O)O)nnn1C1CC1C. The van der Waals surface area contributed by atoms with Crippen molar-refractivity contribution >= 4 is 5.97 Å². The Bertz CT molecular complexity index is 415. The Hall–Kier alpha value is -1.43. The number of rotatable bonds is 4. The lowest BCUT2D eigenvalue weighted by molar-refractivity contribution is 0.0673. The Balaban J connectivity index is 2.41. The predicted molar refractivity (Wildman–Crippen MR) is 55.2 cm³/mol. The molecule has 0 bridgehead atoms. The monoisotopic (exact) mass is 225 g/mol. The molecule has 6 nitrogen and oxygen atoms in total. The maximum Gasteiger partial charge on any atom is 0.358 e. The maximum atomic E-state index is 11.0. The maximum absolute atomic E-state index is 11.0. The van der Waals surface area contributed by atoms with Gasteiger partial charge in [-0.1, -0.05) is 12.1 Å². The van der Waals surface area contributed by atoms with E-state index < -0.39 is 5.97 Å². The number of hydrogen-bond donors (Lipinski definition) is 1. The molecule has 2 rings (SSSR count). The van der Waals surface area contributed by atoms with Crippen LogP contribution in [0.15, 0.2) is 0 Å². The molecule has 0 amide bonds. The summed E-state index contributed by atoms with van der Waals surface area (Å²) in [6, 6.07) is 0.271. The van der Waals surface area contributed by atoms with Crippen LogP contribution in [0.5, 0.6) is 0 Å². The molecule has 1 saturated carbocycles. The van der Waals surface area contributed by atoms with E-state index in [-0.39, 0.29) is 17.8 Å². The number of carboxylic acid groups (broad SMARTS) is 1. The standard InChI is InChI=1S/C10H15N3O3/c1-5-4-7(5)13-9(6(2)16-3)8(10(14)15)11-12-13/h5-7H,4H2,1-3H3,(H,14,15). The molecule has 3 atom stereocenters. The van der Waals surface area contributed by atoms with E-state index in [0.29, 0.717) is 11.6 Å². The van der Waals surface area contributed by atoms with E-state index in [1.165, 1.54) is 0 Å². The highest BCUT2D eigenvalue weighted by atomic mass is 16.5. The second-order valence-electron chi connectivity index (χ2n) is 4.23. The summed E-state index contributed by atoms with van der Waals surface area (Å²) < 4.78 is 6.87. The molecule has 88 valence electrons. The van der Waals surface area contributed by atoms with Gasteiger partial charge in [-0.25, -0.2) is 9.48 Å². The minimum absolute atomic E-state index is 0.00606. The lowest BCUT2D eigenvalue weighted by Crippen LogP contribution is -2.12. The lowest BCUT2D eigenvalue weighted by atomic mass is 10.2. The van der Waals surface area contributed by atoms with Gasteiger partial charge in [0.05, 0.1) is 12.1 Å². The highest BCUT2D eigenvalue weighted by molar-refractivity contribution is 5.86. The summed E-state index contributed by atoms with van der Waals surface area (Å²) in [5.74, 6) is -0.524. The summed E-state index contributed by atoms with van der Waals surface area (Å²) in [6.45, 7) is 3.91. The topological polar surface area (TPSA) is 77.2 Å². The molecule has 1 aromatic heterocycles. The van der Waals surface area contributed by atoms with Crippen LogP contribution in [0, 0.1) is 5.92 Å². The number of aromatic nitrogens is 3. The van der Waals surface area contributed by atoms with Crippen molar-refractivity contribution in [3.8, 4) is 0 Å². The second-order valence-corrected chi connectivity index (χ2v) is 4.23. The molecule has 3 unspecified atom stereocenters. The molecule has 1 aliphatic rings. The van der Waals surface area contributed by atoms with E-state index in [2.05, 4.69) is 17.2 Å². The summed E-state index contributed by atoms with van der Waals surface area (Å²) in [4.78, 5) is 11.0. The first-order valence-corrected chi connectivity index (χ1v) is 5.27. The summed E-state index contributed by atoms with van der Waals surface area (Å²) in [5.41, 5.74) is 0.554. The van der Waals surface area contributed by atoms with E-state index >= 15 is 0 Å². The molecule has 16 heavy (non-hydrogen) atoms. The first-order chi connectivity index (χ1) is 7.56. The Kier molecular flexibility index (Phi) is 2.67. The van der Waals surface area contributed by atoms with Crippen molar-refractivity contribution in [2.75, 3.05) is 7.11 Å². The third-order valence-corrected chi connectivity index (χ3v) is 3.05. The summed E-state index contributed by atoms with van der Waals surface area (Å²) >= 11 is 0. The van der Waals surface area contributed by atoms with Gasteiger partial charge in [-0.2, -0.15) is 0 Å². The molecule has 0 spiro atoms. The molecule has 1 aromatic rings. The highest BCUT2D eigenvalue weighted by Gasteiger charge is 2.39. The van der Waals surface area contributed by atoms with E-state index in [9.17, 15) is 4.79 Å². The number of aromatic carboxylic acids is 1. The van der Waals surface area contributed by atoms with Crippen LogP contribution in [-0.2, 0) is 4.74 Å². The highest BCUT2D eigenvalue weighted by Crippen LogP contribution is 2.43. The fourth-order valence-electron chi connectivity index (χ4n) is 1.83. The molecule has 1 aliphatic carbocycles. The molecule has 0 saturated heterocycles. The zero-order valence-corrected chi connectivity index (χ0v) is 9.54. The minimum Gasteiger partial charge on any atom is -0.476 e. The molecule has 6 heteroatoms. The second kappa shape index (κ2) is 3.86. The summed E-state index contributed by atoms with van der Waals surface area (Å²) in [6.07, 6.45) is 0.708. The molecule has 0 radical (unpaired) electrons. The number of hydrogen-bond acceptors (Lipinski definition) is 4. The third-order valence-electron chi connectivity index (χ3n) is 3.05. The molecule has 0 aromatic carbocycles. The predicted octanol–water partition coefficient (Wildman–Crippen LogP) is 1.26. The van der Waals surface area contributed by atoms with Crippen molar-refractivity contribution in [2.24, 2.45) is 5.92 Å². The lowest BCUT2D eigenvalue weighted by Gasteiger charge is -2.12. The smallest absolute Gasteiger partial charge is 0.358 e. The first kappa shape index (κ1) is 11.1. The van der Waals surface area contributed by atoms with E-state index in [1.807, 2.05) is 0 Å². The van der Waals surface area contributed by atoms with Gasteiger partial charge in [-0.05, 0) is 19.3 Å². The number of carboxylic acids is 1. The Morgan fingerprint density at radius 3 is 2.75 bits per heavy atom. The first-order valence-electron chi connectivity index (χ1n) is 5.27. The Labute approximate surface area is 93.2 Å². The average Bonchev–Trinajstić information content (AvgIpc) is 2.81. The normalized spacial score (nSPS) is 25.4. The van der Waals surface area contributed by atoms with Crippen molar-refractivity contribution < 1.29 is 14.6 Å². The van der Waals surface area contributed by atoms with Gasteiger partial charge >= 0.3 is 5.97 Å². The van der Waals surface area contributed by atoms with E-state index in [4.69, 9.17) is 9.84 Å². The van der Waals surface area contributed by atoms with Gasteiger partial charge in [0.25, 0.3) is 0 Å². The Morgan fingerprint density at radius 1 is 1.69 bits per heavy atom.